The summed E-state index contributed by atoms with van der Waals surface area (Å²) in [5, 5.41) is 6.81. The Balaban J connectivity index is 1.46. The number of ether oxygens (including phenoxy) is 2. The average Bonchev–Trinajstić information content (AvgIpc) is 3.19. The maximum Gasteiger partial charge on any atom is 0.191 e. The fraction of sp³-hybridized carbons (Fsp3) is 0.435. The van der Waals surface area contributed by atoms with Crippen LogP contribution in [-0.4, -0.2) is 38.8 Å². The minimum atomic E-state index is 0.0338. The van der Waals surface area contributed by atoms with Gasteiger partial charge in [-0.2, -0.15) is 0 Å². The Morgan fingerprint density at radius 2 is 1.89 bits per heavy atom. The lowest BCUT2D eigenvalue weighted by atomic mass is 9.95. The van der Waals surface area contributed by atoms with Crippen LogP contribution in [0.3, 0.4) is 0 Å². The van der Waals surface area contributed by atoms with Gasteiger partial charge in [0.1, 0.15) is 11.9 Å². The Bertz CT molecular complexity index is 763. The van der Waals surface area contributed by atoms with Gasteiger partial charge in [-0.05, 0) is 37.5 Å². The molecule has 28 heavy (non-hydrogen) atoms. The number of hydrogen-bond acceptors (Lipinski definition) is 3. The molecule has 0 spiro atoms. The van der Waals surface area contributed by atoms with Gasteiger partial charge in [0.15, 0.2) is 5.96 Å². The van der Waals surface area contributed by atoms with E-state index in [1.807, 2.05) is 24.3 Å². The second-order valence-electron chi connectivity index (χ2n) is 7.28. The summed E-state index contributed by atoms with van der Waals surface area (Å²) in [5.41, 5.74) is 2.39. The predicted molar refractivity (Wildman–Crippen MR) is 114 cm³/mol. The van der Waals surface area contributed by atoms with E-state index in [9.17, 15) is 0 Å². The van der Waals surface area contributed by atoms with Crippen LogP contribution in [0.4, 0.5) is 0 Å². The highest BCUT2D eigenvalue weighted by Gasteiger charge is 2.29. The number of hydrogen-bond donors (Lipinski definition) is 2. The molecule has 3 unspecified atom stereocenters. The number of aliphatic imine (C=N–C) groups is 1. The van der Waals surface area contributed by atoms with E-state index >= 15 is 0 Å². The van der Waals surface area contributed by atoms with Gasteiger partial charge in [0, 0.05) is 26.1 Å². The SMILES string of the molecule is CN=C(NCC(C)Oc1ccccc1C)NCC1CCOC1c1ccccc1. The molecule has 1 aliphatic rings. The number of aryl methyl sites for hydroxylation is 1. The van der Waals surface area contributed by atoms with Crippen LogP contribution in [0.25, 0.3) is 0 Å². The van der Waals surface area contributed by atoms with E-state index in [1.54, 1.807) is 7.05 Å². The van der Waals surface area contributed by atoms with Crippen molar-refractivity contribution < 1.29 is 9.47 Å². The fourth-order valence-electron chi connectivity index (χ4n) is 3.49. The van der Waals surface area contributed by atoms with Crippen molar-refractivity contribution in [2.45, 2.75) is 32.5 Å². The van der Waals surface area contributed by atoms with Crippen molar-refractivity contribution in [3.8, 4) is 5.75 Å². The quantitative estimate of drug-likeness (QED) is 0.567. The van der Waals surface area contributed by atoms with Gasteiger partial charge in [-0.25, -0.2) is 0 Å². The lowest BCUT2D eigenvalue weighted by Crippen LogP contribution is -2.43. The van der Waals surface area contributed by atoms with Crippen molar-refractivity contribution in [1.82, 2.24) is 10.6 Å². The topological polar surface area (TPSA) is 54.9 Å². The van der Waals surface area contributed by atoms with Crippen LogP contribution >= 0.6 is 0 Å². The Morgan fingerprint density at radius 1 is 1.14 bits per heavy atom. The van der Waals surface area contributed by atoms with Gasteiger partial charge in [0.2, 0.25) is 0 Å². The summed E-state index contributed by atoms with van der Waals surface area (Å²) in [6.07, 6.45) is 1.23. The Morgan fingerprint density at radius 3 is 2.64 bits per heavy atom. The van der Waals surface area contributed by atoms with Gasteiger partial charge in [0.05, 0.1) is 12.6 Å². The van der Waals surface area contributed by atoms with Crippen LogP contribution < -0.4 is 15.4 Å². The minimum absolute atomic E-state index is 0.0338. The van der Waals surface area contributed by atoms with Crippen LogP contribution in [0.2, 0.25) is 0 Å². The molecule has 0 bridgehead atoms. The number of nitrogens with zero attached hydrogens (tertiary/aromatic N) is 1. The highest BCUT2D eigenvalue weighted by atomic mass is 16.5. The lowest BCUT2D eigenvalue weighted by Gasteiger charge is -2.22. The molecule has 1 aliphatic heterocycles. The van der Waals surface area contributed by atoms with Crippen LogP contribution in [-0.2, 0) is 4.74 Å². The first-order chi connectivity index (χ1) is 13.7. The molecule has 150 valence electrons. The van der Waals surface area contributed by atoms with Crippen molar-refractivity contribution in [1.29, 1.82) is 0 Å². The molecular weight excluding hydrogens is 350 g/mol. The highest BCUT2D eigenvalue weighted by Crippen LogP contribution is 2.33. The normalized spacial score (nSPS) is 20.6. The van der Waals surface area contributed by atoms with E-state index in [1.165, 1.54) is 5.56 Å². The van der Waals surface area contributed by atoms with Crippen molar-refractivity contribution in [2.75, 3.05) is 26.7 Å². The number of rotatable bonds is 7. The molecule has 0 aromatic heterocycles. The maximum atomic E-state index is 6.03. The fourth-order valence-corrected chi connectivity index (χ4v) is 3.49. The summed E-state index contributed by atoms with van der Waals surface area (Å²) in [4.78, 5) is 4.34. The van der Waals surface area contributed by atoms with Crippen molar-refractivity contribution in [3.63, 3.8) is 0 Å². The van der Waals surface area contributed by atoms with Crippen LogP contribution in [0.15, 0.2) is 59.6 Å². The molecular formula is C23H31N3O2. The average molecular weight is 382 g/mol. The van der Waals surface area contributed by atoms with E-state index in [2.05, 4.69) is 59.8 Å². The van der Waals surface area contributed by atoms with E-state index in [0.717, 1.165) is 36.8 Å². The first-order valence-corrected chi connectivity index (χ1v) is 10.0. The van der Waals surface area contributed by atoms with Gasteiger partial charge in [0.25, 0.3) is 0 Å². The molecule has 0 amide bonds. The van der Waals surface area contributed by atoms with Gasteiger partial charge in [-0.15, -0.1) is 0 Å². The van der Waals surface area contributed by atoms with Crippen LogP contribution in [0, 0.1) is 12.8 Å². The molecule has 3 atom stereocenters. The predicted octanol–water partition coefficient (Wildman–Crippen LogP) is 3.71. The Hall–Kier alpha value is -2.53. The van der Waals surface area contributed by atoms with E-state index in [0.29, 0.717) is 12.5 Å². The molecule has 0 aliphatic carbocycles. The molecule has 1 heterocycles. The summed E-state index contributed by atoms with van der Waals surface area (Å²) < 4.78 is 12.0. The third kappa shape index (κ3) is 5.49. The van der Waals surface area contributed by atoms with Gasteiger partial charge in [-0.3, -0.25) is 4.99 Å². The lowest BCUT2D eigenvalue weighted by molar-refractivity contribution is 0.0915. The number of guanidine groups is 1. The molecule has 3 rings (SSSR count). The summed E-state index contributed by atoms with van der Waals surface area (Å²) in [6.45, 7) is 6.43. The van der Waals surface area contributed by atoms with Crippen LogP contribution in [0.5, 0.6) is 5.75 Å². The molecule has 5 heteroatoms. The van der Waals surface area contributed by atoms with Gasteiger partial charge < -0.3 is 20.1 Å². The van der Waals surface area contributed by atoms with Gasteiger partial charge >= 0.3 is 0 Å². The second-order valence-corrected chi connectivity index (χ2v) is 7.28. The molecule has 0 saturated carbocycles. The monoisotopic (exact) mass is 381 g/mol. The Kier molecular flexibility index (Phi) is 7.31. The molecule has 5 nitrogen and oxygen atoms in total. The smallest absolute Gasteiger partial charge is 0.191 e. The summed E-state index contributed by atoms with van der Waals surface area (Å²) in [5.74, 6) is 2.15. The van der Waals surface area contributed by atoms with Crippen molar-refractivity contribution in [3.05, 3.63) is 65.7 Å². The molecule has 1 saturated heterocycles. The Labute approximate surface area is 168 Å². The number of benzene rings is 2. The molecule has 2 aromatic rings. The van der Waals surface area contributed by atoms with E-state index in [4.69, 9.17) is 9.47 Å². The minimum Gasteiger partial charge on any atom is -0.489 e. The maximum absolute atomic E-state index is 6.03. The first-order valence-electron chi connectivity index (χ1n) is 10.0. The standard InChI is InChI=1S/C23H31N3O2/c1-17-9-7-8-12-21(17)28-18(2)15-25-23(24-3)26-16-20-13-14-27-22(20)19-10-5-4-6-11-19/h4-12,18,20,22H,13-16H2,1-3H3,(H2,24,25,26). The van der Waals surface area contributed by atoms with Gasteiger partial charge in [-0.1, -0.05) is 48.5 Å². The zero-order valence-corrected chi connectivity index (χ0v) is 17.0. The van der Waals surface area contributed by atoms with Crippen molar-refractivity contribution >= 4 is 5.96 Å². The van der Waals surface area contributed by atoms with E-state index in [-0.39, 0.29) is 12.2 Å². The largest absolute Gasteiger partial charge is 0.489 e. The number of para-hydroxylation sites is 1. The second kappa shape index (κ2) is 10.1. The van der Waals surface area contributed by atoms with E-state index < -0.39 is 0 Å². The first kappa shape index (κ1) is 20.2. The third-order valence-electron chi connectivity index (χ3n) is 5.08. The molecule has 0 radical (unpaired) electrons. The highest BCUT2D eigenvalue weighted by molar-refractivity contribution is 5.79. The summed E-state index contributed by atoms with van der Waals surface area (Å²) in [7, 11) is 1.79. The molecule has 2 N–H and O–H groups in total. The summed E-state index contributed by atoms with van der Waals surface area (Å²) in [6, 6.07) is 18.5. The molecule has 1 fully saturated rings. The summed E-state index contributed by atoms with van der Waals surface area (Å²) >= 11 is 0. The van der Waals surface area contributed by atoms with Crippen LogP contribution in [0.1, 0.15) is 30.6 Å². The molecule has 2 aromatic carbocycles. The third-order valence-corrected chi connectivity index (χ3v) is 5.08. The number of nitrogens with one attached hydrogen (secondary N) is 2. The zero-order valence-electron chi connectivity index (χ0n) is 17.0. The van der Waals surface area contributed by atoms with Crippen molar-refractivity contribution in [2.24, 2.45) is 10.9 Å². The zero-order chi connectivity index (χ0) is 19.8.